The number of nitrogens with one attached hydrogen (secondary N) is 2. The molecular formula is C15H18N2O4. The molecule has 1 aromatic carbocycles. The molecule has 0 radical (unpaired) electrons. The van der Waals surface area contributed by atoms with Gasteiger partial charge in [-0.1, -0.05) is 0 Å². The fourth-order valence-electron chi connectivity index (χ4n) is 1.99. The van der Waals surface area contributed by atoms with Gasteiger partial charge in [-0.15, -0.1) is 0 Å². The van der Waals surface area contributed by atoms with Gasteiger partial charge in [0.1, 0.15) is 5.60 Å². The third-order valence-electron chi connectivity index (χ3n) is 2.75. The van der Waals surface area contributed by atoms with E-state index in [9.17, 15) is 9.59 Å². The normalized spacial score (nSPS) is 11.4. The molecule has 0 bridgehead atoms. The lowest BCUT2D eigenvalue weighted by Gasteiger charge is -2.19. The molecule has 0 fully saturated rings. The number of carbonyl (C=O) groups is 2. The summed E-state index contributed by atoms with van der Waals surface area (Å²) < 4.78 is 5.18. The van der Waals surface area contributed by atoms with Crippen molar-refractivity contribution in [2.24, 2.45) is 0 Å². The van der Waals surface area contributed by atoms with E-state index in [-0.39, 0.29) is 6.42 Å². The van der Waals surface area contributed by atoms with Gasteiger partial charge in [-0.25, -0.2) is 4.79 Å². The van der Waals surface area contributed by atoms with Crippen LogP contribution in [-0.4, -0.2) is 27.8 Å². The lowest BCUT2D eigenvalue weighted by molar-refractivity contribution is -0.136. The van der Waals surface area contributed by atoms with E-state index < -0.39 is 17.7 Å². The minimum atomic E-state index is -0.901. The number of aromatic amines is 1. The number of rotatable bonds is 3. The van der Waals surface area contributed by atoms with Gasteiger partial charge in [-0.05, 0) is 44.5 Å². The van der Waals surface area contributed by atoms with Crippen molar-refractivity contribution in [1.29, 1.82) is 0 Å². The van der Waals surface area contributed by atoms with Crippen molar-refractivity contribution in [3.8, 4) is 0 Å². The van der Waals surface area contributed by atoms with E-state index in [1.807, 2.05) is 0 Å². The number of H-pyrrole nitrogens is 1. The molecule has 0 saturated carbocycles. The van der Waals surface area contributed by atoms with Crippen LogP contribution in [0.15, 0.2) is 24.4 Å². The maximum atomic E-state index is 11.7. The fourth-order valence-corrected chi connectivity index (χ4v) is 1.99. The highest BCUT2D eigenvalue weighted by Gasteiger charge is 2.16. The van der Waals surface area contributed by atoms with Gasteiger partial charge in [-0.3, -0.25) is 10.1 Å². The van der Waals surface area contributed by atoms with Gasteiger partial charge < -0.3 is 14.8 Å². The SMILES string of the molecule is CC(C)(C)OC(=O)Nc1ccc2[nH]cc(CC(=O)O)c2c1. The van der Waals surface area contributed by atoms with Gasteiger partial charge in [0.05, 0.1) is 6.42 Å². The van der Waals surface area contributed by atoms with Gasteiger partial charge in [-0.2, -0.15) is 0 Å². The number of fused-ring (bicyclic) bond motifs is 1. The van der Waals surface area contributed by atoms with E-state index >= 15 is 0 Å². The number of ether oxygens (including phenoxy) is 1. The summed E-state index contributed by atoms with van der Waals surface area (Å²) in [6.45, 7) is 5.35. The molecule has 0 atom stereocenters. The number of aliphatic carboxylic acids is 1. The van der Waals surface area contributed by atoms with Crippen LogP contribution in [0.3, 0.4) is 0 Å². The second-order valence-electron chi connectivity index (χ2n) is 5.77. The molecule has 112 valence electrons. The lowest BCUT2D eigenvalue weighted by atomic mass is 10.1. The van der Waals surface area contributed by atoms with E-state index in [4.69, 9.17) is 9.84 Å². The van der Waals surface area contributed by atoms with Gasteiger partial charge in [0.15, 0.2) is 0 Å². The molecular weight excluding hydrogens is 272 g/mol. The predicted octanol–water partition coefficient (Wildman–Crippen LogP) is 3.14. The molecule has 0 aliphatic rings. The first-order chi connectivity index (χ1) is 9.74. The number of carbonyl (C=O) groups excluding carboxylic acids is 1. The molecule has 6 nitrogen and oxygen atoms in total. The molecule has 3 N–H and O–H groups in total. The lowest BCUT2D eigenvalue weighted by Crippen LogP contribution is -2.27. The molecule has 1 aromatic heterocycles. The number of aromatic nitrogens is 1. The van der Waals surface area contributed by atoms with E-state index in [1.165, 1.54) is 0 Å². The van der Waals surface area contributed by atoms with E-state index in [1.54, 1.807) is 45.2 Å². The predicted molar refractivity (Wildman–Crippen MR) is 79.5 cm³/mol. The zero-order valence-electron chi connectivity index (χ0n) is 12.2. The van der Waals surface area contributed by atoms with Crippen LogP contribution in [0.5, 0.6) is 0 Å². The topological polar surface area (TPSA) is 91.4 Å². The average Bonchev–Trinajstić information content (AvgIpc) is 2.68. The number of carboxylic acid groups (broad SMARTS) is 1. The van der Waals surface area contributed by atoms with Crippen LogP contribution in [0.2, 0.25) is 0 Å². The number of amides is 1. The Labute approximate surface area is 122 Å². The quantitative estimate of drug-likeness (QED) is 0.809. The number of carboxylic acids is 1. The first-order valence-corrected chi connectivity index (χ1v) is 6.56. The Kier molecular flexibility index (Phi) is 3.88. The largest absolute Gasteiger partial charge is 0.481 e. The van der Waals surface area contributed by atoms with Crippen molar-refractivity contribution < 1.29 is 19.4 Å². The maximum Gasteiger partial charge on any atom is 0.412 e. The molecule has 6 heteroatoms. The highest BCUT2D eigenvalue weighted by Crippen LogP contribution is 2.23. The number of anilines is 1. The van der Waals surface area contributed by atoms with E-state index in [0.29, 0.717) is 11.3 Å². The third kappa shape index (κ3) is 3.98. The molecule has 1 amide bonds. The minimum absolute atomic E-state index is 0.0735. The standard InChI is InChI=1S/C15H18N2O4/c1-15(2,3)21-14(20)17-10-4-5-12-11(7-10)9(8-16-12)6-13(18)19/h4-5,7-8,16H,6H2,1-3H3,(H,17,20)(H,18,19). The molecule has 2 rings (SSSR count). The molecule has 0 spiro atoms. The third-order valence-corrected chi connectivity index (χ3v) is 2.75. The summed E-state index contributed by atoms with van der Waals surface area (Å²) in [6.07, 6.45) is 1.04. The minimum Gasteiger partial charge on any atom is -0.481 e. The van der Waals surface area contributed by atoms with Crippen LogP contribution in [0.25, 0.3) is 10.9 Å². The first kappa shape index (κ1) is 14.9. The van der Waals surface area contributed by atoms with Gasteiger partial charge in [0.2, 0.25) is 0 Å². The number of hydrogen-bond donors (Lipinski definition) is 3. The summed E-state index contributed by atoms with van der Waals surface area (Å²) in [6, 6.07) is 5.24. The Morgan fingerprint density at radius 3 is 2.67 bits per heavy atom. The Balaban J connectivity index is 2.21. The monoisotopic (exact) mass is 290 g/mol. The molecule has 21 heavy (non-hydrogen) atoms. The average molecular weight is 290 g/mol. The van der Waals surface area contributed by atoms with Crippen molar-refractivity contribution in [3.05, 3.63) is 30.0 Å². The molecule has 0 saturated heterocycles. The van der Waals surface area contributed by atoms with Gasteiger partial charge >= 0.3 is 12.1 Å². The van der Waals surface area contributed by atoms with Crippen molar-refractivity contribution in [3.63, 3.8) is 0 Å². The smallest absolute Gasteiger partial charge is 0.412 e. The molecule has 0 aliphatic carbocycles. The summed E-state index contributed by atoms with van der Waals surface area (Å²) in [5, 5.41) is 12.3. The molecule has 0 unspecified atom stereocenters. The summed E-state index contributed by atoms with van der Waals surface area (Å²) in [5.41, 5.74) is 1.48. The van der Waals surface area contributed by atoms with Crippen LogP contribution < -0.4 is 5.32 Å². The van der Waals surface area contributed by atoms with Crippen molar-refractivity contribution in [1.82, 2.24) is 4.98 Å². The molecule has 1 heterocycles. The second-order valence-corrected chi connectivity index (χ2v) is 5.77. The molecule has 0 aliphatic heterocycles. The summed E-state index contributed by atoms with van der Waals surface area (Å²) >= 11 is 0. The maximum absolute atomic E-state index is 11.7. The highest BCUT2D eigenvalue weighted by atomic mass is 16.6. The zero-order chi connectivity index (χ0) is 15.6. The van der Waals surface area contributed by atoms with Gasteiger partial charge in [0, 0.05) is 22.8 Å². The van der Waals surface area contributed by atoms with E-state index in [0.717, 1.165) is 10.9 Å². The second kappa shape index (κ2) is 5.47. The molecule has 2 aromatic rings. The van der Waals surface area contributed by atoms with Gasteiger partial charge in [0.25, 0.3) is 0 Å². The number of benzene rings is 1. The van der Waals surface area contributed by atoms with Crippen LogP contribution >= 0.6 is 0 Å². The van der Waals surface area contributed by atoms with Crippen LogP contribution in [-0.2, 0) is 16.0 Å². The first-order valence-electron chi connectivity index (χ1n) is 6.56. The highest BCUT2D eigenvalue weighted by molar-refractivity contribution is 5.93. The van der Waals surface area contributed by atoms with E-state index in [2.05, 4.69) is 10.3 Å². The Morgan fingerprint density at radius 2 is 2.05 bits per heavy atom. The Hall–Kier alpha value is -2.50. The van der Waals surface area contributed by atoms with Crippen LogP contribution in [0.1, 0.15) is 26.3 Å². The van der Waals surface area contributed by atoms with Crippen molar-refractivity contribution in [2.75, 3.05) is 5.32 Å². The van der Waals surface area contributed by atoms with Crippen LogP contribution in [0, 0.1) is 0 Å². The summed E-state index contributed by atoms with van der Waals surface area (Å²) in [4.78, 5) is 25.6. The number of hydrogen-bond acceptors (Lipinski definition) is 3. The van der Waals surface area contributed by atoms with Crippen LogP contribution in [0.4, 0.5) is 10.5 Å². The summed E-state index contributed by atoms with van der Waals surface area (Å²) in [7, 11) is 0. The Morgan fingerprint density at radius 1 is 1.33 bits per heavy atom. The van der Waals surface area contributed by atoms with Crippen molar-refractivity contribution >= 4 is 28.7 Å². The van der Waals surface area contributed by atoms with Crippen molar-refractivity contribution in [2.45, 2.75) is 32.8 Å². The Bertz CT molecular complexity index is 683. The fraction of sp³-hybridized carbons (Fsp3) is 0.333. The summed E-state index contributed by atoms with van der Waals surface area (Å²) in [5.74, 6) is -0.901. The zero-order valence-corrected chi connectivity index (χ0v) is 12.2.